The van der Waals surface area contributed by atoms with Crippen LogP contribution < -0.4 is 11.5 Å². The highest BCUT2D eigenvalue weighted by molar-refractivity contribution is 5.48. The quantitative estimate of drug-likeness (QED) is 0.823. The largest absolute Gasteiger partial charge is 0.383 e. The molecule has 0 bridgehead atoms. The summed E-state index contributed by atoms with van der Waals surface area (Å²) < 4.78 is 13.6. The van der Waals surface area contributed by atoms with Crippen molar-refractivity contribution in [2.45, 2.75) is 13.0 Å². The van der Waals surface area contributed by atoms with Gasteiger partial charge >= 0.3 is 0 Å². The van der Waals surface area contributed by atoms with Gasteiger partial charge in [-0.15, -0.1) is 0 Å². The molecule has 1 atom stereocenters. The molecule has 0 saturated carbocycles. The van der Waals surface area contributed by atoms with E-state index in [0.717, 1.165) is 5.56 Å². The van der Waals surface area contributed by atoms with Gasteiger partial charge < -0.3 is 11.5 Å². The van der Waals surface area contributed by atoms with Crippen molar-refractivity contribution in [1.29, 1.82) is 0 Å². The van der Waals surface area contributed by atoms with E-state index >= 15 is 0 Å². The maximum atomic E-state index is 13.6. The molecular formula is C12H13FN4. The molecule has 17 heavy (non-hydrogen) atoms. The first-order valence-corrected chi connectivity index (χ1v) is 5.18. The molecular weight excluding hydrogens is 219 g/mol. The average Bonchev–Trinajstić information content (AvgIpc) is 2.29. The molecule has 88 valence electrons. The normalized spacial score (nSPS) is 12.4. The van der Waals surface area contributed by atoms with E-state index in [1.807, 2.05) is 6.92 Å². The van der Waals surface area contributed by atoms with Crippen LogP contribution in [0, 0.1) is 12.7 Å². The van der Waals surface area contributed by atoms with E-state index in [9.17, 15) is 4.39 Å². The predicted octanol–water partition coefficient (Wildman–Crippen LogP) is 1.55. The number of hydrogen-bond donors (Lipinski definition) is 2. The van der Waals surface area contributed by atoms with Gasteiger partial charge in [0.2, 0.25) is 0 Å². The summed E-state index contributed by atoms with van der Waals surface area (Å²) in [5.74, 6) is -0.134. The summed E-state index contributed by atoms with van der Waals surface area (Å²) in [6, 6.07) is 3.92. The van der Waals surface area contributed by atoms with Gasteiger partial charge in [-0.3, -0.25) is 4.98 Å². The molecule has 5 heteroatoms. The molecule has 0 saturated heterocycles. The van der Waals surface area contributed by atoms with Crippen molar-refractivity contribution in [1.82, 2.24) is 9.97 Å². The highest BCUT2D eigenvalue weighted by Crippen LogP contribution is 2.26. The van der Waals surface area contributed by atoms with Crippen molar-refractivity contribution in [3.05, 3.63) is 53.2 Å². The fraction of sp³-hybridized carbons (Fsp3) is 0.167. The highest BCUT2D eigenvalue weighted by atomic mass is 19.1. The zero-order valence-electron chi connectivity index (χ0n) is 9.39. The van der Waals surface area contributed by atoms with Crippen LogP contribution in [0.2, 0.25) is 0 Å². The van der Waals surface area contributed by atoms with E-state index in [4.69, 9.17) is 11.5 Å². The lowest BCUT2D eigenvalue weighted by Crippen LogP contribution is -2.18. The second kappa shape index (κ2) is 4.47. The fourth-order valence-corrected chi connectivity index (χ4v) is 1.76. The van der Waals surface area contributed by atoms with Gasteiger partial charge in [-0.25, -0.2) is 9.37 Å². The fourth-order valence-electron chi connectivity index (χ4n) is 1.76. The van der Waals surface area contributed by atoms with Gasteiger partial charge in [-0.2, -0.15) is 0 Å². The van der Waals surface area contributed by atoms with Crippen LogP contribution in [-0.2, 0) is 0 Å². The number of aromatic nitrogens is 2. The first-order chi connectivity index (χ1) is 8.11. The molecule has 4 N–H and O–H groups in total. The Labute approximate surface area is 98.5 Å². The number of rotatable bonds is 2. The number of nitrogen functional groups attached to an aromatic ring is 1. The van der Waals surface area contributed by atoms with Gasteiger partial charge in [0.15, 0.2) is 0 Å². The standard InChI is InChI=1S/C12H13FN4/c1-7-4-6-17-12(15)9(7)10(14)11-8(13)3-2-5-16-11/h2-6,10H,14H2,1H3,(H2,15,17). The number of halogens is 1. The average molecular weight is 232 g/mol. The number of anilines is 1. The molecule has 2 heterocycles. The Kier molecular flexibility index (Phi) is 3.01. The molecule has 4 nitrogen and oxygen atoms in total. The Bertz CT molecular complexity index is 522. The third-order valence-electron chi connectivity index (χ3n) is 2.63. The minimum atomic E-state index is -0.704. The lowest BCUT2D eigenvalue weighted by Gasteiger charge is -2.16. The summed E-state index contributed by atoms with van der Waals surface area (Å²) in [7, 11) is 0. The Morgan fingerprint density at radius 3 is 2.65 bits per heavy atom. The van der Waals surface area contributed by atoms with Crippen LogP contribution in [-0.4, -0.2) is 9.97 Å². The Hall–Kier alpha value is -2.01. The van der Waals surface area contributed by atoms with Crippen molar-refractivity contribution < 1.29 is 4.39 Å². The van der Waals surface area contributed by atoms with Crippen LogP contribution >= 0.6 is 0 Å². The van der Waals surface area contributed by atoms with E-state index in [1.165, 1.54) is 18.3 Å². The third-order valence-corrected chi connectivity index (χ3v) is 2.63. The lowest BCUT2D eigenvalue weighted by atomic mass is 10.00. The van der Waals surface area contributed by atoms with Crippen LogP contribution in [0.3, 0.4) is 0 Å². The molecule has 0 aliphatic rings. The number of pyridine rings is 2. The van der Waals surface area contributed by atoms with Crippen LogP contribution in [0.25, 0.3) is 0 Å². The number of aryl methyl sites for hydroxylation is 1. The summed E-state index contributed by atoms with van der Waals surface area (Å²) >= 11 is 0. The molecule has 0 fully saturated rings. The van der Waals surface area contributed by atoms with Crippen molar-refractivity contribution in [3.63, 3.8) is 0 Å². The minimum Gasteiger partial charge on any atom is -0.383 e. The molecule has 2 rings (SSSR count). The minimum absolute atomic E-state index is 0.176. The second-order valence-electron chi connectivity index (χ2n) is 3.77. The summed E-state index contributed by atoms with van der Waals surface area (Å²) in [5.41, 5.74) is 13.4. The van der Waals surface area contributed by atoms with Crippen LogP contribution in [0.1, 0.15) is 22.9 Å². The molecule has 0 aromatic carbocycles. The molecule has 0 amide bonds. The monoisotopic (exact) mass is 232 g/mol. The zero-order chi connectivity index (χ0) is 12.4. The molecule has 0 aliphatic heterocycles. The second-order valence-corrected chi connectivity index (χ2v) is 3.77. The van der Waals surface area contributed by atoms with Gasteiger partial charge in [0.1, 0.15) is 11.6 Å². The van der Waals surface area contributed by atoms with Crippen molar-refractivity contribution in [2.75, 3.05) is 5.73 Å². The Morgan fingerprint density at radius 2 is 2.00 bits per heavy atom. The molecule has 2 aromatic heterocycles. The Morgan fingerprint density at radius 1 is 1.24 bits per heavy atom. The summed E-state index contributed by atoms with van der Waals surface area (Å²) in [4.78, 5) is 7.92. The topological polar surface area (TPSA) is 77.8 Å². The van der Waals surface area contributed by atoms with Crippen LogP contribution in [0.4, 0.5) is 10.2 Å². The van der Waals surface area contributed by atoms with E-state index in [1.54, 1.807) is 12.3 Å². The summed E-state index contributed by atoms with van der Waals surface area (Å²) in [6.07, 6.45) is 3.09. The first kappa shape index (κ1) is 11.5. The molecule has 0 aliphatic carbocycles. The maximum Gasteiger partial charge on any atom is 0.146 e. The van der Waals surface area contributed by atoms with E-state index in [2.05, 4.69) is 9.97 Å². The first-order valence-electron chi connectivity index (χ1n) is 5.18. The van der Waals surface area contributed by atoms with E-state index in [-0.39, 0.29) is 5.69 Å². The summed E-state index contributed by atoms with van der Waals surface area (Å²) in [5, 5.41) is 0. The molecule has 2 aromatic rings. The SMILES string of the molecule is Cc1ccnc(N)c1C(N)c1ncccc1F. The molecule has 0 radical (unpaired) electrons. The molecule has 0 spiro atoms. The third kappa shape index (κ3) is 2.09. The van der Waals surface area contributed by atoms with Crippen LogP contribution in [0.15, 0.2) is 30.6 Å². The number of hydrogen-bond acceptors (Lipinski definition) is 4. The predicted molar refractivity (Wildman–Crippen MR) is 63.6 cm³/mol. The van der Waals surface area contributed by atoms with Crippen molar-refractivity contribution in [3.8, 4) is 0 Å². The van der Waals surface area contributed by atoms with Gasteiger partial charge in [0.05, 0.1) is 11.7 Å². The van der Waals surface area contributed by atoms with Crippen molar-refractivity contribution >= 4 is 5.82 Å². The summed E-state index contributed by atoms with van der Waals surface area (Å²) in [6.45, 7) is 1.86. The van der Waals surface area contributed by atoms with Crippen LogP contribution in [0.5, 0.6) is 0 Å². The highest BCUT2D eigenvalue weighted by Gasteiger charge is 2.19. The lowest BCUT2D eigenvalue weighted by molar-refractivity contribution is 0.586. The number of nitrogens with two attached hydrogens (primary N) is 2. The van der Waals surface area contributed by atoms with E-state index < -0.39 is 11.9 Å². The van der Waals surface area contributed by atoms with Gasteiger partial charge in [-0.05, 0) is 30.7 Å². The number of nitrogens with zero attached hydrogens (tertiary/aromatic N) is 2. The van der Waals surface area contributed by atoms with Gasteiger partial charge in [-0.1, -0.05) is 0 Å². The Balaban J connectivity index is 2.51. The van der Waals surface area contributed by atoms with E-state index in [0.29, 0.717) is 11.4 Å². The maximum absolute atomic E-state index is 13.6. The van der Waals surface area contributed by atoms with Crippen molar-refractivity contribution in [2.24, 2.45) is 5.73 Å². The van der Waals surface area contributed by atoms with Gasteiger partial charge in [0.25, 0.3) is 0 Å². The zero-order valence-corrected chi connectivity index (χ0v) is 9.39. The smallest absolute Gasteiger partial charge is 0.146 e. The molecule has 1 unspecified atom stereocenters. The van der Waals surface area contributed by atoms with Gasteiger partial charge in [0, 0.05) is 18.0 Å².